The van der Waals surface area contributed by atoms with Gasteiger partial charge in [-0.15, -0.1) is 0 Å². The Balaban J connectivity index is 3.07. The molecule has 0 unspecified atom stereocenters. The van der Waals surface area contributed by atoms with Gasteiger partial charge in [0.05, 0.1) is 6.07 Å². The number of hydrogen-bond acceptors (Lipinski definition) is 2. The molecule has 66 valence electrons. The summed E-state index contributed by atoms with van der Waals surface area (Å²) in [6.07, 6.45) is 0. The van der Waals surface area contributed by atoms with E-state index in [9.17, 15) is 4.79 Å². The highest BCUT2D eigenvalue weighted by Gasteiger charge is 2.15. The molecular formula is C10H8BrNO. The maximum atomic E-state index is 11.0. The number of benzene rings is 1. The molecule has 0 aromatic heterocycles. The summed E-state index contributed by atoms with van der Waals surface area (Å²) in [4.78, 5) is 11.0. The number of hydrogen-bond donors (Lipinski definition) is 0. The molecule has 2 nitrogen and oxygen atoms in total. The first-order valence-electron chi connectivity index (χ1n) is 3.80. The number of Topliss-reactive ketones (excluding diaryl/α,β-unsaturated/α-hetero) is 1. The van der Waals surface area contributed by atoms with Crippen LogP contribution in [0.25, 0.3) is 0 Å². The fourth-order valence-corrected chi connectivity index (χ4v) is 1.50. The average Bonchev–Trinajstić information content (AvgIpc) is 2.04. The van der Waals surface area contributed by atoms with Gasteiger partial charge in [0.2, 0.25) is 0 Å². The van der Waals surface area contributed by atoms with Gasteiger partial charge in [0.15, 0.2) is 5.78 Å². The molecule has 0 aliphatic heterocycles. The van der Waals surface area contributed by atoms with E-state index in [0.29, 0.717) is 0 Å². The Hall–Kier alpha value is -1.14. The lowest BCUT2D eigenvalue weighted by Crippen LogP contribution is -2.05. The molecule has 13 heavy (non-hydrogen) atoms. The van der Waals surface area contributed by atoms with Crippen LogP contribution in [0.15, 0.2) is 28.7 Å². The van der Waals surface area contributed by atoms with E-state index in [-0.39, 0.29) is 5.78 Å². The summed E-state index contributed by atoms with van der Waals surface area (Å²) < 4.78 is 0.881. The molecule has 0 N–H and O–H groups in total. The molecule has 0 aliphatic carbocycles. The van der Waals surface area contributed by atoms with Crippen LogP contribution in [0.5, 0.6) is 0 Å². The lowest BCUT2D eigenvalue weighted by atomic mass is 9.97. The molecule has 1 aromatic carbocycles. The standard InChI is InChI=1S/C10H8BrNO/c1-7(13)10(6-12)8-3-2-4-9(11)5-8/h2-5,10H,1H3/t10-/m1/s1. The summed E-state index contributed by atoms with van der Waals surface area (Å²) in [5.74, 6) is -0.766. The number of nitrogens with zero attached hydrogens (tertiary/aromatic N) is 1. The maximum Gasteiger partial charge on any atom is 0.151 e. The van der Waals surface area contributed by atoms with Gasteiger partial charge in [-0.05, 0) is 24.6 Å². The SMILES string of the molecule is CC(=O)[C@@H](C#N)c1cccc(Br)c1. The Labute approximate surface area is 85.3 Å². The Morgan fingerprint density at radius 2 is 2.31 bits per heavy atom. The molecule has 0 heterocycles. The van der Waals surface area contributed by atoms with Gasteiger partial charge in [-0.2, -0.15) is 5.26 Å². The zero-order chi connectivity index (χ0) is 9.84. The van der Waals surface area contributed by atoms with E-state index in [0.717, 1.165) is 10.0 Å². The molecule has 0 amide bonds. The van der Waals surface area contributed by atoms with Crippen molar-refractivity contribution in [1.29, 1.82) is 5.26 Å². The topological polar surface area (TPSA) is 40.9 Å². The van der Waals surface area contributed by atoms with E-state index in [4.69, 9.17) is 5.26 Å². The lowest BCUT2D eigenvalue weighted by Gasteiger charge is -2.04. The van der Waals surface area contributed by atoms with Crippen LogP contribution in [0.2, 0.25) is 0 Å². The second kappa shape index (κ2) is 4.20. The van der Waals surface area contributed by atoms with Crippen molar-refractivity contribution in [1.82, 2.24) is 0 Å². The fourth-order valence-electron chi connectivity index (χ4n) is 1.09. The Morgan fingerprint density at radius 3 is 2.77 bits per heavy atom. The van der Waals surface area contributed by atoms with Gasteiger partial charge >= 0.3 is 0 Å². The molecule has 1 atom stereocenters. The first-order chi connectivity index (χ1) is 6.15. The van der Waals surface area contributed by atoms with Gasteiger partial charge < -0.3 is 0 Å². The summed E-state index contributed by atoms with van der Waals surface area (Å²) in [5.41, 5.74) is 0.740. The van der Waals surface area contributed by atoms with E-state index < -0.39 is 5.92 Å². The summed E-state index contributed by atoms with van der Waals surface area (Å²) >= 11 is 3.29. The third kappa shape index (κ3) is 2.40. The van der Waals surface area contributed by atoms with Crippen LogP contribution < -0.4 is 0 Å². The van der Waals surface area contributed by atoms with Crippen molar-refractivity contribution in [3.63, 3.8) is 0 Å². The molecule has 3 heteroatoms. The highest BCUT2D eigenvalue weighted by atomic mass is 79.9. The zero-order valence-electron chi connectivity index (χ0n) is 7.12. The van der Waals surface area contributed by atoms with Crippen molar-refractivity contribution in [2.24, 2.45) is 0 Å². The third-order valence-corrected chi connectivity index (χ3v) is 2.21. The molecule has 0 spiro atoms. The molecule has 0 radical (unpaired) electrons. The van der Waals surface area contributed by atoms with Crippen molar-refractivity contribution in [2.75, 3.05) is 0 Å². The summed E-state index contributed by atoms with van der Waals surface area (Å²) in [5, 5.41) is 8.75. The van der Waals surface area contributed by atoms with Crippen molar-refractivity contribution in [2.45, 2.75) is 12.8 Å². The van der Waals surface area contributed by atoms with Crippen LogP contribution >= 0.6 is 15.9 Å². The monoisotopic (exact) mass is 237 g/mol. The van der Waals surface area contributed by atoms with Gasteiger partial charge in [0, 0.05) is 4.47 Å². The molecule has 0 aliphatic rings. The van der Waals surface area contributed by atoms with E-state index in [1.165, 1.54) is 6.92 Å². The van der Waals surface area contributed by atoms with Gasteiger partial charge in [-0.1, -0.05) is 28.1 Å². The summed E-state index contributed by atoms with van der Waals surface area (Å²) in [6.45, 7) is 1.43. The largest absolute Gasteiger partial charge is 0.298 e. The van der Waals surface area contributed by atoms with Crippen LogP contribution in [0.3, 0.4) is 0 Å². The predicted octanol–water partition coefficient (Wildman–Crippen LogP) is 2.65. The Morgan fingerprint density at radius 1 is 1.62 bits per heavy atom. The van der Waals surface area contributed by atoms with Gasteiger partial charge in [-0.25, -0.2) is 0 Å². The van der Waals surface area contributed by atoms with Crippen LogP contribution in [-0.2, 0) is 4.79 Å². The number of rotatable bonds is 2. The Bertz CT molecular complexity index is 367. The fraction of sp³-hybridized carbons (Fsp3) is 0.200. The normalized spacial score (nSPS) is 11.8. The Kier molecular flexibility index (Phi) is 3.21. The highest BCUT2D eigenvalue weighted by Crippen LogP contribution is 2.20. The van der Waals surface area contributed by atoms with E-state index >= 15 is 0 Å². The van der Waals surface area contributed by atoms with E-state index in [1.807, 2.05) is 18.2 Å². The van der Waals surface area contributed by atoms with E-state index in [2.05, 4.69) is 15.9 Å². The summed E-state index contributed by atoms with van der Waals surface area (Å²) in [6, 6.07) is 9.21. The molecule has 1 aromatic rings. The number of halogens is 1. The average molecular weight is 238 g/mol. The lowest BCUT2D eigenvalue weighted by molar-refractivity contribution is -0.117. The predicted molar refractivity (Wildman–Crippen MR) is 53.2 cm³/mol. The number of ketones is 1. The highest BCUT2D eigenvalue weighted by molar-refractivity contribution is 9.10. The molecule has 1 rings (SSSR count). The molecule has 0 saturated heterocycles. The second-order valence-corrected chi connectivity index (χ2v) is 3.64. The van der Waals surface area contributed by atoms with Crippen LogP contribution in [0.1, 0.15) is 18.4 Å². The van der Waals surface area contributed by atoms with Crippen LogP contribution in [-0.4, -0.2) is 5.78 Å². The number of carbonyl (C=O) groups excluding carboxylic acids is 1. The number of nitriles is 1. The van der Waals surface area contributed by atoms with Gasteiger partial charge in [-0.3, -0.25) is 4.79 Å². The van der Waals surface area contributed by atoms with Crippen molar-refractivity contribution in [3.8, 4) is 6.07 Å². The first kappa shape index (κ1) is 9.94. The second-order valence-electron chi connectivity index (χ2n) is 2.73. The minimum Gasteiger partial charge on any atom is -0.298 e. The quantitative estimate of drug-likeness (QED) is 0.794. The first-order valence-corrected chi connectivity index (χ1v) is 4.60. The van der Waals surface area contributed by atoms with E-state index in [1.54, 1.807) is 12.1 Å². The smallest absolute Gasteiger partial charge is 0.151 e. The third-order valence-electron chi connectivity index (χ3n) is 1.72. The molecule has 0 saturated carbocycles. The van der Waals surface area contributed by atoms with Crippen LogP contribution in [0.4, 0.5) is 0 Å². The van der Waals surface area contributed by atoms with Gasteiger partial charge in [0.1, 0.15) is 5.92 Å². The molecule has 0 bridgehead atoms. The van der Waals surface area contributed by atoms with Crippen molar-refractivity contribution >= 4 is 21.7 Å². The van der Waals surface area contributed by atoms with Gasteiger partial charge in [0.25, 0.3) is 0 Å². The van der Waals surface area contributed by atoms with Crippen LogP contribution in [0, 0.1) is 11.3 Å². The summed E-state index contributed by atoms with van der Waals surface area (Å²) in [7, 11) is 0. The van der Waals surface area contributed by atoms with Crippen molar-refractivity contribution in [3.05, 3.63) is 34.3 Å². The van der Waals surface area contributed by atoms with Crippen molar-refractivity contribution < 1.29 is 4.79 Å². The molecule has 0 fully saturated rings. The maximum absolute atomic E-state index is 11.0. The minimum absolute atomic E-state index is 0.124. The zero-order valence-corrected chi connectivity index (χ0v) is 8.71. The number of carbonyl (C=O) groups is 1. The molecular weight excluding hydrogens is 230 g/mol. The minimum atomic E-state index is -0.641.